The van der Waals surface area contributed by atoms with Gasteiger partial charge in [-0.1, -0.05) is 0 Å². The van der Waals surface area contributed by atoms with Gasteiger partial charge in [-0.3, -0.25) is 9.69 Å². The molecule has 0 aliphatic carbocycles. The van der Waals surface area contributed by atoms with Crippen molar-refractivity contribution in [2.24, 2.45) is 18.9 Å². The number of aldehydes is 1. The van der Waals surface area contributed by atoms with Gasteiger partial charge < -0.3 is 14.0 Å². The standard InChI is InChI=1S/C21H24N2O3/c1-22-19-8-16-14-5-4-13(25-3)6-18(14)23(2)21(16)20(22)7-15-12(9-24)10-26-11-17(15)19/h4-6,9-10,15,17,19-20H,7-8,11H2,1-3H3/t15-,17+,19-,20-/m0/s1. The van der Waals surface area contributed by atoms with E-state index in [1.807, 2.05) is 0 Å². The Labute approximate surface area is 153 Å². The second-order valence-corrected chi connectivity index (χ2v) is 7.83. The van der Waals surface area contributed by atoms with E-state index in [0.717, 1.165) is 30.5 Å². The molecule has 0 N–H and O–H groups in total. The molecule has 0 spiro atoms. The highest BCUT2D eigenvalue weighted by atomic mass is 16.5. The normalized spacial score (nSPS) is 30.2. The van der Waals surface area contributed by atoms with Gasteiger partial charge in [-0.25, -0.2) is 0 Å². The van der Waals surface area contributed by atoms with Crippen molar-refractivity contribution in [1.29, 1.82) is 0 Å². The molecule has 1 aromatic carbocycles. The molecule has 2 bridgehead atoms. The van der Waals surface area contributed by atoms with Gasteiger partial charge in [0.2, 0.25) is 0 Å². The molecule has 0 radical (unpaired) electrons. The van der Waals surface area contributed by atoms with Crippen molar-refractivity contribution in [3.05, 3.63) is 41.3 Å². The number of nitrogens with zero attached hydrogens (tertiary/aromatic N) is 2. The predicted octanol–water partition coefficient (Wildman–Crippen LogP) is 2.83. The second kappa shape index (κ2) is 5.61. The first kappa shape index (κ1) is 15.9. The molecule has 26 heavy (non-hydrogen) atoms. The molecule has 5 heteroatoms. The average Bonchev–Trinajstić information content (AvgIpc) is 2.93. The fourth-order valence-electron chi connectivity index (χ4n) is 5.54. The fraction of sp³-hybridized carbons (Fsp3) is 0.476. The molecule has 3 aliphatic rings. The van der Waals surface area contributed by atoms with Crippen LogP contribution < -0.4 is 4.74 Å². The van der Waals surface area contributed by atoms with Crippen molar-refractivity contribution in [2.45, 2.75) is 24.9 Å². The van der Waals surface area contributed by atoms with Gasteiger partial charge in [-0.2, -0.15) is 0 Å². The zero-order chi connectivity index (χ0) is 18.0. The molecule has 136 valence electrons. The minimum atomic E-state index is 0.299. The molecule has 4 atom stereocenters. The Morgan fingerprint density at radius 1 is 1.31 bits per heavy atom. The summed E-state index contributed by atoms with van der Waals surface area (Å²) in [7, 11) is 6.09. The number of hydrogen-bond acceptors (Lipinski definition) is 4. The Balaban J connectivity index is 1.68. The largest absolute Gasteiger partial charge is 0.500 e. The molecule has 2 aromatic rings. The van der Waals surface area contributed by atoms with Gasteiger partial charge in [-0.05, 0) is 43.5 Å². The van der Waals surface area contributed by atoms with Crippen LogP contribution in [-0.2, 0) is 23.0 Å². The van der Waals surface area contributed by atoms with E-state index < -0.39 is 0 Å². The van der Waals surface area contributed by atoms with Crippen molar-refractivity contribution in [2.75, 3.05) is 20.8 Å². The number of aryl methyl sites for hydroxylation is 1. The number of carbonyl (C=O) groups excluding carboxylic acids is 1. The van der Waals surface area contributed by atoms with Gasteiger partial charge in [0.15, 0.2) is 0 Å². The first-order valence-corrected chi connectivity index (χ1v) is 9.28. The van der Waals surface area contributed by atoms with Crippen LogP contribution in [0.15, 0.2) is 30.0 Å². The fourth-order valence-corrected chi connectivity index (χ4v) is 5.54. The summed E-state index contributed by atoms with van der Waals surface area (Å²) in [5.41, 5.74) is 4.90. The van der Waals surface area contributed by atoms with Crippen LogP contribution >= 0.6 is 0 Å². The first-order chi connectivity index (χ1) is 12.6. The zero-order valence-corrected chi connectivity index (χ0v) is 15.4. The summed E-state index contributed by atoms with van der Waals surface area (Å²) in [5, 5.41) is 1.33. The second-order valence-electron chi connectivity index (χ2n) is 7.83. The van der Waals surface area contributed by atoms with E-state index in [1.165, 1.54) is 22.2 Å². The van der Waals surface area contributed by atoms with Gasteiger partial charge in [0, 0.05) is 41.7 Å². The molecule has 1 aromatic heterocycles. The number of ether oxygens (including phenoxy) is 2. The molecule has 3 aliphatic heterocycles. The van der Waals surface area contributed by atoms with Gasteiger partial charge in [0.25, 0.3) is 0 Å². The van der Waals surface area contributed by atoms with E-state index in [1.54, 1.807) is 13.4 Å². The molecule has 0 amide bonds. The minimum Gasteiger partial charge on any atom is -0.500 e. The van der Waals surface area contributed by atoms with Gasteiger partial charge >= 0.3 is 0 Å². The third-order valence-corrected chi connectivity index (χ3v) is 6.87. The van der Waals surface area contributed by atoms with Crippen LogP contribution in [0.1, 0.15) is 23.7 Å². The monoisotopic (exact) mass is 352 g/mol. The van der Waals surface area contributed by atoms with Gasteiger partial charge in [0.05, 0.1) is 31.5 Å². The highest BCUT2D eigenvalue weighted by Gasteiger charge is 2.49. The van der Waals surface area contributed by atoms with E-state index >= 15 is 0 Å². The lowest BCUT2D eigenvalue weighted by molar-refractivity contribution is -0.107. The van der Waals surface area contributed by atoms with Crippen LogP contribution in [0.25, 0.3) is 10.9 Å². The summed E-state index contributed by atoms with van der Waals surface area (Å²) in [5.74, 6) is 1.57. The zero-order valence-electron chi connectivity index (χ0n) is 15.4. The maximum absolute atomic E-state index is 11.6. The SMILES string of the molecule is COc1ccc2c3c(n(C)c2c1)[C@@H]1C[C@H]2C(C=O)=COC[C@H]2[C@H](C3)N1C. The molecule has 5 nitrogen and oxygen atoms in total. The molecule has 5 rings (SSSR count). The molecule has 0 unspecified atom stereocenters. The Morgan fingerprint density at radius 2 is 2.15 bits per heavy atom. The van der Waals surface area contributed by atoms with Crippen LogP contribution in [0.4, 0.5) is 0 Å². The summed E-state index contributed by atoms with van der Waals surface area (Å²) < 4.78 is 13.4. The summed E-state index contributed by atoms with van der Waals surface area (Å²) in [6, 6.07) is 7.11. The number of hydrogen-bond donors (Lipinski definition) is 0. The summed E-state index contributed by atoms with van der Waals surface area (Å²) in [6.45, 7) is 0.706. The van der Waals surface area contributed by atoms with Crippen LogP contribution in [-0.4, -0.2) is 42.6 Å². The van der Waals surface area contributed by atoms with Crippen molar-refractivity contribution < 1.29 is 14.3 Å². The predicted molar refractivity (Wildman–Crippen MR) is 99.2 cm³/mol. The summed E-state index contributed by atoms with van der Waals surface area (Å²) >= 11 is 0. The molecular formula is C21H24N2O3. The average molecular weight is 352 g/mol. The molecule has 4 heterocycles. The number of benzene rings is 1. The summed E-state index contributed by atoms with van der Waals surface area (Å²) in [6.07, 6.45) is 4.65. The van der Waals surface area contributed by atoms with Crippen molar-refractivity contribution in [3.8, 4) is 5.75 Å². The molecule has 1 saturated heterocycles. The van der Waals surface area contributed by atoms with Gasteiger partial charge in [0.1, 0.15) is 12.0 Å². The smallest absolute Gasteiger partial charge is 0.149 e. The van der Waals surface area contributed by atoms with E-state index in [4.69, 9.17) is 9.47 Å². The molecular weight excluding hydrogens is 328 g/mol. The number of fused-ring (bicyclic) bond motifs is 8. The molecule has 0 saturated carbocycles. The highest BCUT2D eigenvalue weighted by molar-refractivity contribution is 5.87. The lowest BCUT2D eigenvalue weighted by Crippen LogP contribution is -2.55. The Kier molecular flexibility index (Phi) is 3.44. The van der Waals surface area contributed by atoms with E-state index in [-0.39, 0.29) is 0 Å². The Hall–Kier alpha value is -2.27. The number of aromatic nitrogens is 1. The van der Waals surface area contributed by atoms with E-state index in [2.05, 4.69) is 41.8 Å². The third-order valence-electron chi connectivity index (χ3n) is 6.87. The number of piperidine rings is 1. The lowest BCUT2D eigenvalue weighted by atomic mass is 9.68. The van der Waals surface area contributed by atoms with E-state index in [0.29, 0.717) is 30.5 Å². The number of methoxy groups -OCH3 is 1. The summed E-state index contributed by atoms with van der Waals surface area (Å²) in [4.78, 5) is 14.1. The number of likely N-dealkylation sites (N-methyl/N-ethyl adjacent to an activating group) is 1. The highest BCUT2D eigenvalue weighted by Crippen LogP contribution is 2.51. The van der Waals surface area contributed by atoms with Crippen LogP contribution in [0.5, 0.6) is 5.75 Å². The quantitative estimate of drug-likeness (QED) is 0.780. The van der Waals surface area contributed by atoms with Crippen molar-refractivity contribution in [1.82, 2.24) is 9.47 Å². The maximum Gasteiger partial charge on any atom is 0.149 e. The van der Waals surface area contributed by atoms with Crippen LogP contribution in [0.3, 0.4) is 0 Å². The minimum absolute atomic E-state index is 0.299. The van der Waals surface area contributed by atoms with Crippen LogP contribution in [0.2, 0.25) is 0 Å². The maximum atomic E-state index is 11.6. The Bertz CT molecular complexity index is 929. The lowest BCUT2D eigenvalue weighted by Gasteiger charge is -2.52. The van der Waals surface area contributed by atoms with E-state index in [9.17, 15) is 4.79 Å². The van der Waals surface area contributed by atoms with Crippen molar-refractivity contribution >= 4 is 17.2 Å². The third kappa shape index (κ3) is 1.98. The van der Waals surface area contributed by atoms with Crippen molar-refractivity contribution in [3.63, 3.8) is 0 Å². The van der Waals surface area contributed by atoms with Crippen LogP contribution in [0, 0.1) is 11.8 Å². The topological polar surface area (TPSA) is 43.7 Å². The number of allylic oxidation sites excluding steroid dienone is 1. The number of carbonyl (C=O) groups is 1. The first-order valence-electron chi connectivity index (χ1n) is 9.28. The number of rotatable bonds is 2. The Morgan fingerprint density at radius 3 is 2.92 bits per heavy atom. The molecule has 1 fully saturated rings. The van der Waals surface area contributed by atoms with Gasteiger partial charge in [-0.15, -0.1) is 0 Å².